The van der Waals surface area contributed by atoms with E-state index >= 15 is 0 Å². The molecule has 0 spiro atoms. The monoisotopic (exact) mass is 372 g/mol. The smallest absolute Gasteiger partial charge is 0.243 e. The quantitative estimate of drug-likeness (QED) is 0.864. The lowest BCUT2D eigenvalue weighted by molar-refractivity contribution is 0.363. The molecule has 0 aromatic heterocycles. The van der Waals surface area contributed by atoms with E-state index in [0.717, 1.165) is 42.3 Å². The number of halogens is 1. The maximum absolute atomic E-state index is 12.9. The Morgan fingerprint density at radius 2 is 2.10 bits per heavy atom. The zero-order valence-electron chi connectivity index (χ0n) is 12.2. The average molecular weight is 373 g/mol. The number of nitrogens with zero attached hydrogens (tertiary/aromatic N) is 1. The van der Waals surface area contributed by atoms with Crippen LogP contribution in [0.3, 0.4) is 0 Å². The number of nitrogens with one attached hydrogen (secondary N) is 1. The number of hydrogen-bond donors (Lipinski definition) is 1. The summed E-state index contributed by atoms with van der Waals surface area (Å²) in [7, 11) is -3.39. The summed E-state index contributed by atoms with van der Waals surface area (Å²) in [5.74, 6) is 0. The van der Waals surface area contributed by atoms with E-state index in [4.69, 9.17) is 0 Å². The molecule has 1 aromatic carbocycles. The van der Waals surface area contributed by atoms with E-state index < -0.39 is 10.0 Å². The molecule has 21 heavy (non-hydrogen) atoms. The molecule has 6 heteroatoms. The molecule has 0 amide bonds. The van der Waals surface area contributed by atoms with E-state index in [-0.39, 0.29) is 6.04 Å². The molecule has 1 unspecified atom stereocenters. The molecule has 1 saturated heterocycles. The van der Waals surface area contributed by atoms with Gasteiger partial charge >= 0.3 is 0 Å². The van der Waals surface area contributed by atoms with Crippen molar-refractivity contribution < 1.29 is 8.42 Å². The summed E-state index contributed by atoms with van der Waals surface area (Å²) in [4.78, 5) is 0.410. The molecular weight excluding hydrogens is 352 g/mol. The average Bonchev–Trinajstić information content (AvgIpc) is 3.15. The van der Waals surface area contributed by atoms with Crippen molar-refractivity contribution in [1.82, 2.24) is 9.62 Å². The Kier molecular flexibility index (Phi) is 4.41. The van der Waals surface area contributed by atoms with Gasteiger partial charge in [-0.25, -0.2) is 8.42 Å². The molecule has 116 valence electrons. The molecule has 1 saturated carbocycles. The number of aryl methyl sites for hydroxylation is 1. The molecule has 2 aliphatic rings. The first-order valence-electron chi connectivity index (χ1n) is 7.50. The van der Waals surface area contributed by atoms with Crippen molar-refractivity contribution in [3.63, 3.8) is 0 Å². The Balaban J connectivity index is 1.87. The Labute approximate surface area is 135 Å². The third-order valence-electron chi connectivity index (χ3n) is 4.25. The molecule has 1 aromatic rings. The minimum absolute atomic E-state index is 0.196. The van der Waals surface area contributed by atoms with E-state index in [9.17, 15) is 8.42 Å². The maximum atomic E-state index is 12.9. The van der Waals surface area contributed by atoms with Crippen LogP contribution in [0.4, 0.5) is 0 Å². The Hall–Kier alpha value is -0.430. The normalized spacial score (nSPS) is 22.9. The van der Waals surface area contributed by atoms with Crippen molar-refractivity contribution in [2.45, 2.75) is 49.6 Å². The summed E-state index contributed by atoms with van der Waals surface area (Å²) >= 11 is 3.43. The van der Waals surface area contributed by atoms with Crippen molar-refractivity contribution in [3.8, 4) is 0 Å². The molecule has 1 aliphatic carbocycles. The molecule has 3 rings (SSSR count). The Bertz CT molecular complexity index is 623. The summed E-state index contributed by atoms with van der Waals surface area (Å²) in [6, 6.07) is 5.78. The molecule has 4 nitrogen and oxygen atoms in total. The fourth-order valence-electron chi connectivity index (χ4n) is 2.85. The molecule has 1 aliphatic heterocycles. The second-order valence-corrected chi connectivity index (χ2v) is 8.76. The predicted molar refractivity (Wildman–Crippen MR) is 86.8 cm³/mol. The van der Waals surface area contributed by atoms with Crippen LogP contribution in [0, 0.1) is 6.92 Å². The van der Waals surface area contributed by atoms with Crippen molar-refractivity contribution in [2.24, 2.45) is 0 Å². The maximum Gasteiger partial charge on any atom is 0.243 e. The summed E-state index contributed by atoms with van der Waals surface area (Å²) in [6.07, 6.45) is 4.18. The SMILES string of the molecule is Cc1cc(S(=O)(=O)N(CC2CCCN2)C2CC2)ccc1Br. The summed E-state index contributed by atoms with van der Waals surface area (Å²) in [5.41, 5.74) is 0.950. The van der Waals surface area contributed by atoms with E-state index in [0.29, 0.717) is 17.5 Å². The van der Waals surface area contributed by atoms with Gasteiger partial charge in [-0.05, 0) is 62.9 Å². The van der Waals surface area contributed by atoms with E-state index in [2.05, 4.69) is 21.2 Å². The van der Waals surface area contributed by atoms with Gasteiger partial charge in [0.15, 0.2) is 0 Å². The van der Waals surface area contributed by atoms with Gasteiger partial charge in [0.2, 0.25) is 10.0 Å². The lowest BCUT2D eigenvalue weighted by atomic mass is 10.2. The highest BCUT2D eigenvalue weighted by molar-refractivity contribution is 9.10. The topological polar surface area (TPSA) is 49.4 Å². The molecule has 1 heterocycles. The highest BCUT2D eigenvalue weighted by atomic mass is 79.9. The van der Waals surface area contributed by atoms with Gasteiger partial charge in [0, 0.05) is 23.1 Å². The highest BCUT2D eigenvalue weighted by Crippen LogP contribution is 2.33. The second-order valence-electron chi connectivity index (χ2n) is 6.01. The van der Waals surface area contributed by atoms with Crippen LogP contribution in [0.1, 0.15) is 31.2 Å². The fraction of sp³-hybridized carbons (Fsp3) is 0.600. The fourth-order valence-corrected chi connectivity index (χ4v) is 4.91. The van der Waals surface area contributed by atoms with Crippen molar-refractivity contribution in [1.29, 1.82) is 0 Å². The summed E-state index contributed by atoms with van der Waals surface area (Å²) in [6.45, 7) is 3.52. The Morgan fingerprint density at radius 1 is 1.33 bits per heavy atom. The first-order valence-corrected chi connectivity index (χ1v) is 9.73. The second kappa shape index (κ2) is 5.99. The van der Waals surface area contributed by atoms with Crippen LogP contribution in [-0.2, 0) is 10.0 Å². The van der Waals surface area contributed by atoms with Crippen molar-refractivity contribution in [2.75, 3.05) is 13.1 Å². The van der Waals surface area contributed by atoms with Gasteiger partial charge in [-0.15, -0.1) is 0 Å². The Morgan fingerprint density at radius 3 is 2.67 bits per heavy atom. The number of hydrogen-bond acceptors (Lipinski definition) is 3. The predicted octanol–water partition coefficient (Wildman–Crippen LogP) is 2.66. The van der Waals surface area contributed by atoms with Crippen LogP contribution in [0.25, 0.3) is 0 Å². The molecule has 1 N–H and O–H groups in total. The first-order chi connectivity index (χ1) is 9.98. The molecule has 0 radical (unpaired) electrons. The van der Waals surface area contributed by atoms with E-state index in [1.807, 2.05) is 13.0 Å². The van der Waals surface area contributed by atoms with Gasteiger partial charge < -0.3 is 5.32 Å². The van der Waals surface area contributed by atoms with Crippen LogP contribution < -0.4 is 5.32 Å². The molecular formula is C15H21BrN2O2S. The lowest BCUT2D eigenvalue weighted by Crippen LogP contribution is -2.42. The van der Waals surface area contributed by atoms with Crippen molar-refractivity contribution >= 4 is 26.0 Å². The van der Waals surface area contributed by atoms with Crippen LogP contribution in [0.2, 0.25) is 0 Å². The van der Waals surface area contributed by atoms with Gasteiger partial charge in [0.25, 0.3) is 0 Å². The van der Waals surface area contributed by atoms with Gasteiger partial charge in [-0.2, -0.15) is 4.31 Å². The van der Waals surface area contributed by atoms with Crippen molar-refractivity contribution in [3.05, 3.63) is 28.2 Å². The van der Waals surface area contributed by atoms with Crippen LogP contribution in [0.15, 0.2) is 27.6 Å². The largest absolute Gasteiger partial charge is 0.313 e. The minimum Gasteiger partial charge on any atom is -0.313 e. The number of benzene rings is 1. The molecule has 0 bridgehead atoms. The third kappa shape index (κ3) is 3.33. The van der Waals surface area contributed by atoms with Gasteiger partial charge in [0.1, 0.15) is 0 Å². The minimum atomic E-state index is -3.39. The van der Waals surface area contributed by atoms with Crippen LogP contribution in [0.5, 0.6) is 0 Å². The summed E-state index contributed by atoms with van der Waals surface area (Å²) in [5, 5.41) is 3.40. The van der Waals surface area contributed by atoms with Gasteiger partial charge in [-0.1, -0.05) is 15.9 Å². The standard InChI is InChI=1S/C15H21BrN2O2S/c1-11-9-14(6-7-15(11)16)21(19,20)18(13-4-5-13)10-12-3-2-8-17-12/h6-7,9,12-13,17H,2-5,8,10H2,1H3. The van der Waals surface area contributed by atoms with E-state index in [1.54, 1.807) is 16.4 Å². The first kappa shape index (κ1) is 15.5. The zero-order valence-corrected chi connectivity index (χ0v) is 14.6. The molecule has 2 fully saturated rings. The van der Waals surface area contributed by atoms with Gasteiger partial charge in [-0.3, -0.25) is 0 Å². The molecule has 1 atom stereocenters. The van der Waals surface area contributed by atoms with Crippen LogP contribution >= 0.6 is 15.9 Å². The van der Waals surface area contributed by atoms with Crippen LogP contribution in [-0.4, -0.2) is 37.9 Å². The number of rotatable bonds is 5. The highest BCUT2D eigenvalue weighted by Gasteiger charge is 2.39. The third-order valence-corrected chi connectivity index (χ3v) is 7.06. The van der Waals surface area contributed by atoms with E-state index in [1.165, 1.54) is 0 Å². The lowest BCUT2D eigenvalue weighted by Gasteiger charge is -2.25. The van der Waals surface area contributed by atoms with Gasteiger partial charge in [0.05, 0.1) is 4.90 Å². The summed E-state index contributed by atoms with van der Waals surface area (Å²) < 4.78 is 28.6. The number of sulfonamides is 1. The zero-order chi connectivity index (χ0) is 15.0.